The molecule has 0 spiro atoms. The van der Waals surface area contributed by atoms with Gasteiger partial charge in [0, 0.05) is 17.4 Å². The molecule has 24 heavy (non-hydrogen) atoms. The van der Waals surface area contributed by atoms with Crippen molar-refractivity contribution in [2.45, 2.75) is 59.9 Å². The van der Waals surface area contributed by atoms with E-state index in [1.807, 2.05) is 0 Å². The van der Waals surface area contributed by atoms with E-state index in [-0.39, 0.29) is 0 Å². The lowest BCUT2D eigenvalue weighted by molar-refractivity contribution is 0.250. The first-order valence-corrected chi connectivity index (χ1v) is 9.39. The van der Waals surface area contributed by atoms with E-state index in [1.165, 1.54) is 47.3 Å². The molecule has 3 atom stereocenters. The zero-order valence-corrected chi connectivity index (χ0v) is 15.8. The Kier molecular flexibility index (Phi) is 4.99. The minimum absolute atomic E-state index is 0.598. The van der Waals surface area contributed by atoms with Gasteiger partial charge in [-0.25, -0.2) is 0 Å². The number of nitrogens with zero attached hydrogens (tertiary/aromatic N) is 1. The second-order valence-corrected chi connectivity index (χ2v) is 7.90. The van der Waals surface area contributed by atoms with Crippen LogP contribution in [0, 0.1) is 32.6 Å². The predicted molar refractivity (Wildman–Crippen MR) is 105 cm³/mol. The van der Waals surface area contributed by atoms with Crippen LogP contribution in [-0.4, -0.2) is 6.04 Å². The molecule has 0 heterocycles. The van der Waals surface area contributed by atoms with Crippen LogP contribution in [0.3, 0.4) is 0 Å². The van der Waals surface area contributed by atoms with Crippen LogP contribution in [0.2, 0.25) is 0 Å². The molecule has 0 amide bonds. The van der Waals surface area contributed by atoms with Gasteiger partial charge in [-0.3, -0.25) is 0 Å². The van der Waals surface area contributed by atoms with Gasteiger partial charge < -0.3 is 4.90 Å². The molecule has 1 aliphatic rings. The molecular weight excluding hydrogens is 290 g/mol. The zero-order chi connectivity index (χ0) is 17.3. The molecule has 2 unspecified atom stereocenters. The number of hydrogen-bond donors (Lipinski definition) is 0. The third kappa shape index (κ3) is 3.50. The van der Waals surface area contributed by atoms with Gasteiger partial charge in [-0.1, -0.05) is 37.6 Å². The highest BCUT2D eigenvalue weighted by Gasteiger charge is 2.29. The Hall–Kier alpha value is -1.76. The van der Waals surface area contributed by atoms with Crippen LogP contribution in [0.25, 0.3) is 0 Å². The number of hydrogen-bond acceptors (Lipinski definition) is 1. The number of rotatable bonds is 3. The van der Waals surface area contributed by atoms with Crippen molar-refractivity contribution in [2.75, 3.05) is 4.90 Å². The van der Waals surface area contributed by atoms with E-state index in [2.05, 4.69) is 82.0 Å². The molecule has 1 heteroatoms. The third-order valence-corrected chi connectivity index (χ3v) is 6.02. The lowest BCUT2D eigenvalue weighted by Gasteiger charge is -2.41. The minimum Gasteiger partial charge on any atom is -0.338 e. The van der Waals surface area contributed by atoms with Gasteiger partial charge in [0.2, 0.25) is 0 Å². The molecule has 0 radical (unpaired) electrons. The molecular formula is C23H31N. The van der Waals surface area contributed by atoms with E-state index < -0.39 is 0 Å². The first-order valence-electron chi connectivity index (χ1n) is 9.39. The van der Waals surface area contributed by atoms with Crippen molar-refractivity contribution in [3.63, 3.8) is 0 Å². The normalized spacial score (nSPS) is 24.0. The molecule has 3 rings (SSSR count). The van der Waals surface area contributed by atoms with Crippen molar-refractivity contribution in [3.8, 4) is 0 Å². The fraction of sp³-hybridized carbons (Fsp3) is 0.478. The van der Waals surface area contributed by atoms with Crippen LogP contribution < -0.4 is 4.90 Å². The van der Waals surface area contributed by atoms with Crippen LogP contribution in [0.15, 0.2) is 42.5 Å². The van der Waals surface area contributed by atoms with Crippen molar-refractivity contribution in [3.05, 3.63) is 59.2 Å². The zero-order valence-electron chi connectivity index (χ0n) is 15.8. The van der Waals surface area contributed by atoms with Gasteiger partial charge in [-0.2, -0.15) is 0 Å². The Morgan fingerprint density at radius 3 is 2.04 bits per heavy atom. The van der Waals surface area contributed by atoms with Crippen LogP contribution >= 0.6 is 0 Å². The van der Waals surface area contributed by atoms with Crippen molar-refractivity contribution in [1.29, 1.82) is 0 Å². The topological polar surface area (TPSA) is 3.24 Å². The highest BCUT2D eigenvalue weighted by Crippen LogP contribution is 2.38. The molecule has 0 saturated heterocycles. The summed E-state index contributed by atoms with van der Waals surface area (Å²) in [6.07, 6.45) is 3.90. The standard InChI is InChI=1S/C23H31N/c1-16-6-10-21(11-7-16)24(22-12-8-17(2)19(4)14-22)23-13-9-18(3)20(5)15-23/h6-8,10-12,14,18,20,23H,9,13,15H2,1-5H3/t18?,20?,23-/m0/s1. The van der Waals surface area contributed by atoms with Crippen LogP contribution in [0.4, 0.5) is 11.4 Å². The Balaban J connectivity index is 2.00. The smallest absolute Gasteiger partial charge is 0.0416 e. The maximum atomic E-state index is 2.59. The van der Waals surface area contributed by atoms with E-state index in [4.69, 9.17) is 0 Å². The van der Waals surface area contributed by atoms with Gasteiger partial charge in [0.1, 0.15) is 0 Å². The van der Waals surface area contributed by atoms with E-state index in [0.29, 0.717) is 6.04 Å². The first kappa shape index (κ1) is 17.1. The molecule has 0 N–H and O–H groups in total. The predicted octanol–water partition coefficient (Wildman–Crippen LogP) is 6.57. The molecule has 2 aromatic rings. The second kappa shape index (κ2) is 7.01. The molecule has 0 aromatic heterocycles. The van der Waals surface area contributed by atoms with Gasteiger partial charge in [0.25, 0.3) is 0 Å². The second-order valence-electron chi connectivity index (χ2n) is 7.90. The molecule has 1 fully saturated rings. The van der Waals surface area contributed by atoms with Crippen molar-refractivity contribution in [1.82, 2.24) is 0 Å². The lowest BCUT2D eigenvalue weighted by Crippen LogP contribution is -2.37. The lowest BCUT2D eigenvalue weighted by atomic mass is 9.78. The van der Waals surface area contributed by atoms with E-state index in [9.17, 15) is 0 Å². The van der Waals surface area contributed by atoms with E-state index in [0.717, 1.165) is 11.8 Å². The van der Waals surface area contributed by atoms with Gasteiger partial charge in [0.15, 0.2) is 0 Å². The number of anilines is 2. The number of aryl methyl sites for hydroxylation is 3. The summed E-state index contributed by atoms with van der Waals surface area (Å²) < 4.78 is 0. The van der Waals surface area contributed by atoms with Crippen LogP contribution in [0.5, 0.6) is 0 Å². The molecule has 1 nitrogen and oxygen atoms in total. The SMILES string of the molecule is Cc1ccc(N(c2ccc(C)c(C)c2)[C@H]2CCC(C)C(C)C2)cc1. The molecule has 1 saturated carbocycles. The summed E-state index contributed by atoms with van der Waals surface area (Å²) >= 11 is 0. The van der Waals surface area contributed by atoms with E-state index >= 15 is 0 Å². The Morgan fingerprint density at radius 1 is 0.750 bits per heavy atom. The summed E-state index contributed by atoms with van der Waals surface area (Å²) in [5.41, 5.74) is 6.74. The van der Waals surface area contributed by atoms with E-state index in [1.54, 1.807) is 0 Å². The summed E-state index contributed by atoms with van der Waals surface area (Å²) in [4.78, 5) is 2.59. The minimum atomic E-state index is 0.598. The van der Waals surface area contributed by atoms with Gasteiger partial charge in [-0.15, -0.1) is 0 Å². The van der Waals surface area contributed by atoms with Gasteiger partial charge >= 0.3 is 0 Å². The highest BCUT2D eigenvalue weighted by atomic mass is 15.2. The molecule has 0 aliphatic heterocycles. The fourth-order valence-corrected chi connectivity index (χ4v) is 3.91. The molecule has 1 aliphatic carbocycles. The maximum absolute atomic E-state index is 2.59. The highest BCUT2D eigenvalue weighted by molar-refractivity contribution is 5.65. The average molecular weight is 322 g/mol. The summed E-state index contributed by atoms with van der Waals surface area (Å²) in [5.74, 6) is 1.64. The largest absolute Gasteiger partial charge is 0.338 e. The Labute approximate surface area is 147 Å². The monoisotopic (exact) mass is 321 g/mol. The summed E-state index contributed by atoms with van der Waals surface area (Å²) in [7, 11) is 0. The van der Waals surface area contributed by atoms with Gasteiger partial charge in [0.05, 0.1) is 0 Å². The Bertz CT molecular complexity index is 686. The quantitative estimate of drug-likeness (QED) is 0.617. The number of benzene rings is 2. The average Bonchev–Trinajstić information content (AvgIpc) is 2.56. The molecule has 0 bridgehead atoms. The third-order valence-electron chi connectivity index (χ3n) is 6.02. The van der Waals surface area contributed by atoms with Crippen molar-refractivity contribution >= 4 is 11.4 Å². The van der Waals surface area contributed by atoms with Gasteiger partial charge in [-0.05, 0) is 87.3 Å². The first-order chi connectivity index (χ1) is 11.5. The maximum Gasteiger partial charge on any atom is 0.0416 e. The fourth-order valence-electron chi connectivity index (χ4n) is 3.91. The summed E-state index contributed by atoms with van der Waals surface area (Å²) in [5, 5.41) is 0. The van der Waals surface area contributed by atoms with Crippen molar-refractivity contribution in [2.24, 2.45) is 11.8 Å². The van der Waals surface area contributed by atoms with Crippen molar-refractivity contribution < 1.29 is 0 Å². The van der Waals surface area contributed by atoms with Crippen LogP contribution in [0.1, 0.15) is 49.8 Å². The van der Waals surface area contributed by atoms with Crippen LogP contribution in [-0.2, 0) is 0 Å². The molecule has 128 valence electrons. The Morgan fingerprint density at radius 2 is 1.42 bits per heavy atom. The molecule has 2 aromatic carbocycles. The summed E-state index contributed by atoms with van der Waals surface area (Å²) in [6.45, 7) is 11.4. The summed E-state index contributed by atoms with van der Waals surface area (Å²) in [6, 6.07) is 16.6.